The molecule has 1 N–H and O–H groups in total. The third kappa shape index (κ3) is 3.61. The summed E-state index contributed by atoms with van der Waals surface area (Å²) >= 11 is 1.37. The Hall–Kier alpha value is -2.93. The molecule has 1 aliphatic carbocycles. The van der Waals surface area contributed by atoms with Gasteiger partial charge in [0.1, 0.15) is 11.5 Å². The second kappa shape index (κ2) is 6.52. The number of nitrogens with zero attached hydrogens (tertiary/aromatic N) is 1. The van der Waals surface area contributed by atoms with E-state index in [1.165, 1.54) is 11.3 Å². The number of ether oxygens (including phenoxy) is 1. The predicted octanol–water partition coefficient (Wildman–Crippen LogP) is 4.09. The standard InChI is InChI=1S/C18H14N2O4S/c21-17(16-2-1-9-25-16)19-12-5-7-13(8-6-12)23-18(22)14-10-15(24-20-14)11-3-4-11/h1-2,5-11H,3-4H2,(H,19,21). The number of nitrogens with one attached hydrogen (secondary N) is 1. The molecule has 0 saturated heterocycles. The molecule has 1 fully saturated rings. The zero-order chi connectivity index (χ0) is 17.2. The molecule has 3 aromatic rings. The van der Waals surface area contributed by atoms with Crippen molar-refractivity contribution in [1.82, 2.24) is 5.16 Å². The summed E-state index contributed by atoms with van der Waals surface area (Å²) in [6.45, 7) is 0. The number of carbonyl (C=O) groups excluding carboxylic acids is 2. The first-order valence-electron chi connectivity index (χ1n) is 7.83. The van der Waals surface area contributed by atoms with E-state index in [1.807, 2.05) is 11.4 Å². The Morgan fingerprint density at radius 2 is 2.00 bits per heavy atom. The minimum atomic E-state index is -0.564. The summed E-state index contributed by atoms with van der Waals surface area (Å²) in [5.41, 5.74) is 0.785. The SMILES string of the molecule is O=C(Oc1ccc(NC(=O)c2cccs2)cc1)c1cc(C2CC2)on1. The minimum Gasteiger partial charge on any atom is -0.422 e. The molecule has 6 nitrogen and oxygen atoms in total. The summed E-state index contributed by atoms with van der Waals surface area (Å²) in [7, 11) is 0. The molecule has 0 aliphatic heterocycles. The summed E-state index contributed by atoms with van der Waals surface area (Å²) in [6.07, 6.45) is 2.14. The Labute approximate surface area is 147 Å². The smallest absolute Gasteiger partial charge is 0.365 e. The van der Waals surface area contributed by atoms with Crippen LogP contribution >= 0.6 is 11.3 Å². The van der Waals surface area contributed by atoms with Crippen molar-refractivity contribution in [2.24, 2.45) is 0 Å². The van der Waals surface area contributed by atoms with E-state index < -0.39 is 5.97 Å². The number of hydrogen-bond acceptors (Lipinski definition) is 6. The maximum absolute atomic E-state index is 12.1. The fourth-order valence-electron chi connectivity index (χ4n) is 2.31. The van der Waals surface area contributed by atoms with Gasteiger partial charge in [-0.25, -0.2) is 4.79 Å². The van der Waals surface area contributed by atoms with Crippen molar-refractivity contribution in [3.63, 3.8) is 0 Å². The average molecular weight is 354 g/mol. The lowest BCUT2D eigenvalue weighted by Crippen LogP contribution is -2.11. The van der Waals surface area contributed by atoms with E-state index in [0.717, 1.165) is 18.6 Å². The molecule has 1 saturated carbocycles. The lowest BCUT2D eigenvalue weighted by Gasteiger charge is -2.05. The van der Waals surface area contributed by atoms with Gasteiger partial charge in [0, 0.05) is 17.7 Å². The molecule has 0 spiro atoms. The Morgan fingerprint density at radius 1 is 1.20 bits per heavy atom. The van der Waals surface area contributed by atoms with Gasteiger partial charge in [0.15, 0.2) is 5.69 Å². The maximum Gasteiger partial charge on any atom is 0.365 e. The third-order valence-electron chi connectivity index (χ3n) is 3.78. The highest BCUT2D eigenvalue weighted by molar-refractivity contribution is 7.12. The molecule has 4 rings (SSSR count). The first kappa shape index (κ1) is 15.6. The Balaban J connectivity index is 1.37. The minimum absolute atomic E-state index is 0.164. The molecular formula is C18H14N2O4S. The second-order valence-corrected chi connectivity index (χ2v) is 6.68. The first-order chi connectivity index (χ1) is 12.2. The van der Waals surface area contributed by atoms with Crippen LogP contribution in [-0.4, -0.2) is 17.0 Å². The highest BCUT2D eigenvalue weighted by Crippen LogP contribution is 2.40. The van der Waals surface area contributed by atoms with Crippen LogP contribution in [-0.2, 0) is 0 Å². The average Bonchev–Trinajstić information content (AvgIpc) is 3.13. The van der Waals surface area contributed by atoms with E-state index in [-0.39, 0.29) is 11.6 Å². The van der Waals surface area contributed by atoms with Crippen LogP contribution in [0.2, 0.25) is 0 Å². The van der Waals surface area contributed by atoms with E-state index >= 15 is 0 Å². The molecule has 0 radical (unpaired) electrons. The van der Waals surface area contributed by atoms with Crippen LogP contribution in [0.1, 0.15) is 44.7 Å². The summed E-state index contributed by atoms with van der Waals surface area (Å²) in [5.74, 6) is 0.759. The maximum atomic E-state index is 12.1. The van der Waals surface area contributed by atoms with Crippen LogP contribution in [0.15, 0.2) is 52.4 Å². The van der Waals surface area contributed by atoms with Crippen LogP contribution in [0.5, 0.6) is 5.75 Å². The summed E-state index contributed by atoms with van der Waals surface area (Å²) in [5, 5.41) is 8.38. The van der Waals surface area contributed by atoms with E-state index in [0.29, 0.717) is 22.2 Å². The molecule has 126 valence electrons. The number of aromatic nitrogens is 1. The largest absolute Gasteiger partial charge is 0.422 e. The van der Waals surface area contributed by atoms with E-state index in [2.05, 4.69) is 10.5 Å². The van der Waals surface area contributed by atoms with Crippen LogP contribution in [0.25, 0.3) is 0 Å². The van der Waals surface area contributed by atoms with Gasteiger partial charge >= 0.3 is 5.97 Å². The van der Waals surface area contributed by atoms with Gasteiger partial charge in [0.2, 0.25) is 0 Å². The van der Waals surface area contributed by atoms with Crippen molar-refractivity contribution < 1.29 is 18.8 Å². The van der Waals surface area contributed by atoms with Crippen molar-refractivity contribution in [3.8, 4) is 5.75 Å². The molecule has 0 atom stereocenters. The molecule has 2 heterocycles. The monoisotopic (exact) mass is 354 g/mol. The van der Waals surface area contributed by atoms with Crippen molar-refractivity contribution in [1.29, 1.82) is 0 Å². The fourth-order valence-corrected chi connectivity index (χ4v) is 2.93. The van der Waals surface area contributed by atoms with Crippen molar-refractivity contribution >= 4 is 28.9 Å². The molecule has 25 heavy (non-hydrogen) atoms. The molecule has 1 aliphatic rings. The lowest BCUT2D eigenvalue weighted by molar-refractivity contribution is 0.0723. The van der Waals surface area contributed by atoms with Crippen molar-refractivity contribution in [2.75, 3.05) is 5.32 Å². The van der Waals surface area contributed by atoms with Gasteiger partial charge in [-0.3, -0.25) is 4.79 Å². The van der Waals surface area contributed by atoms with Crippen molar-refractivity contribution in [2.45, 2.75) is 18.8 Å². The van der Waals surface area contributed by atoms with Gasteiger partial charge in [-0.05, 0) is 48.6 Å². The number of amides is 1. The first-order valence-corrected chi connectivity index (χ1v) is 8.71. The lowest BCUT2D eigenvalue weighted by atomic mass is 10.3. The highest BCUT2D eigenvalue weighted by Gasteiger charge is 2.29. The fraction of sp³-hybridized carbons (Fsp3) is 0.167. The molecule has 2 aromatic heterocycles. The number of esters is 1. The Bertz CT molecular complexity index is 896. The van der Waals surface area contributed by atoms with Crippen LogP contribution < -0.4 is 10.1 Å². The molecule has 1 aromatic carbocycles. The van der Waals surface area contributed by atoms with Gasteiger partial charge in [0.05, 0.1) is 4.88 Å². The summed E-state index contributed by atoms with van der Waals surface area (Å²) in [4.78, 5) is 24.7. The number of benzene rings is 1. The number of hydrogen-bond donors (Lipinski definition) is 1. The van der Waals surface area contributed by atoms with Gasteiger partial charge in [-0.15, -0.1) is 11.3 Å². The topological polar surface area (TPSA) is 81.4 Å². The van der Waals surface area contributed by atoms with E-state index in [1.54, 1.807) is 36.4 Å². The van der Waals surface area contributed by atoms with E-state index in [9.17, 15) is 9.59 Å². The predicted molar refractivity (Wildman–Crippen MR) is 92.2 cm³/mol. The zero-order valence-corrected chi connectivity index (χ0v) is 13.9. The number of rotatable bonds is 5. The Kier molecular flexibility index (Phi) is 4.07. The zero-order valence-electron chi connectivity index (χ0n) is 13.1. The van der Waals surface area contributed by atoms with Crippen LogP contribution in [0, 0.1) is 0 Å². The molecule has 7 heteroatoms. The Morgan fingerprint density at radius 3 is 2.68 bits per heavy atom. The molecule has 0 unspecified atom stereocenters. The normalized spacial score (nSPS) is 13.4. The summed E-state index contributed by atoms with van der Waals surface area (Å²) < 4.78 is 10.4. The quantitative estimate of drug-likeness (QED) is 0.551. The third-order valence-corrected chi connectivity index (χ3v) is 4.65. The molecule has 1 amide bonds. The van der Waals surface area contributed by atoms with Crippen LogP contribution in [0.3, 0.4) is 0 Å². The van der Waals surface area contributed by atoms with Gasteiger partial charge < -0.3 is 14.6 Å². The second-order valence-electron chi connectivity index (χ2n) is 5.73. The van der Waals surface area contributed by atoms with Gasteiger partial charge in [0.25, 0.3) is 5.91 Å². The van der Waals surface area contributed by atoms with Crippen molar-refractivity contribution in [3.05, 3.63) is 64.2 Å². The van der Waals surface area contributed by atoms with E-state index in [4.69, 9.17) is 9.26 Å². The molecular weight excluding hydrogens is 340 g/mol. The van der Waals surface area contributed by atoms with Gasteiger partial charge in [-0.1, -0.05) is 11.2 Å². The number of anilines is 1. The number of thiophene rings is 1. The summed E-state index contributed by atoms with van der Waals surface area (Å²) in [6, 6.07) is 11.8. The highest BCUT2D eigenvalue weighted by atomic mass is 32.1. The van der Waals surface area contributed by atoms with Crippen LogP contribution in [0.4, 0.5) is 5.69 Å². The van der Waals surface area contributed by atoms with Gasteiger partial charge in [-0.2, -0.15) is 0 Å². The molecule has 0 bridgehead atoms. The number of carbonyl (C=O) groups is 2.